The number of likely N-dealkylation sites (N-methyl/N-ethyl adjacent to an activating group) is 1. The van der Waals surface area contributed by atoms with Crippen molar-refractivity contribution in [2.75, 3.05) is 13.6 Å². The molecule has 6 atom stereocenters. The molecular weight excluding hydrogens is 486 g/mol. The molecule has 2 heterocycles. The zero-order valence-electron chi connectivity index (χ0n) is 21.8. The van der Waals surface area contributed by atoms with Crippen molar-refractivity contribution in [1.29, 1.82) is 0 Å². The number of rotatable bonds is 6. The molecule has 2 aromatic carbocycles. The summed E-state index contributed by atoms with van der Waals surface area (Å²) < 4.78 is 17.6. The van der Waals surface area contributed by atoms with Gasteiger partial charge in [-0.25, -0.2) is 4.79 Å². The van der Waals surface area contributed by atoms with Crippen LogP contribution in [0.3, 0.4) is 0 Å². The van der Waals surface area contributed by atoms with Crippen molar-refractivity contribution in [2.24, 2.45) is 5.92 Å². The number of nitrogens with zero attached hydrogens (tertiary/aromatic N) is 1. The Balaban J connectivity index is 1.23. The summed E-state index contributed by atoms with van der Waals surface area (Å²) in [5.41, 5.74) is 0.877. The third kappa shape index (κ3) is 3.50. The van der Waals surface area contributed by atoms with E-state index < -0.39 is 41.1 Å². The maximum atomic E-state index is 13.1. The monoisotopic (exact) mass is 519 g/mol. The first kappa shape index (κ1) is 24.9. The van der Waals surface area contributed by atoms with Crippen molar-refractivity contribution in [3.05, 3.63) is 71.0 Å². The standard InChI is InChI=1S/C30H33NO7/c1-17(15-19-7-5-4-6-8-19)27(33)36-18(2)28(34)37-22-11-12-30(35)23-16-20-9-10-21(32)25-24(20)29(30,26(22)38-25)13-14-31(23)3/h4-11,17-18,23,26,32,35H,12-16H2,1-3H3/t17-,18-,23+,26-,29-,30+/m0/s1. The Labute approximate surface area is 221 Å². The summed E-state index contributed by atoms with van der Waals surface area (Å²) in [5.74, 6) is -0.967. The molecule has 1 saturated heterocycles. The number of esters is 2. The van der Waals surface area contributed by atoms with Gasteiger partial charge >= 0.3 is 11.9 Å². The van der Waals surface area contributed by atoms with Crippen molar-refractivity contribution in [2.45, 2.75) is 68.8 Å². The largest absolute Gasteiger partial charge is 0.504 e. The van der Waals surface area contributed by atoms with Crippen LogP contribution < -0.4 is 4.74 Å². The third-order valence-electron chi connectivity index (χ3n) is 8.98. The van der Waals surface area contributed by atoms with Gasteiger partial charge in [-0.15, -0.1) is 0 Å². The predicted octanol–water partition coefficient (Wildman–Crippen LogP) is 3.02. The minimum atomic E-state index is -1.14. The van der Waals surface area contributed by atoms with Crippen LogP contribution in [0.2, 0.25) is 0 Å². The number of hydrogen-bond acceptors (Lipinski definition) is 8. The van der Waals surface area contributed by atoms with E-state index in [-0.39, 0.29) is 24.0 Å². The first-order valence-corrected chi connectivity index (χ1v) is 13.3. The number of carbonyl (C=O) groups excluding carboxylic acids is 2. The summed E-state index contributed by atoms with van der Waals surface area (Å²) in [6.07, 6.45) is 1.83. The minimum absolute atomic E-state index is 0.00707. The van der Waals surface area contributed by atoms with Crippen molar-refractivity contribution in [1.82, 2.24) is 4.90 Å². The van der Waals surface area contributed by atoms with Gasteiger partial charge in [0.05, 0.1) is 16.9 Å². The molecular formula is C30H33NO7. The molecule has 200 valence electrons. The normalized spacial score (nSPS) is 30.4. The number of carbonyl (C=O) groups is 2. The summed E-state index contributed by atoms with van der Waals surface area (Å²) in [6, 6.07) is 13.0. The SMILES string of the molecule is C[C@H](OC(=O)[C@@H](C)Cc1ccccc1)C(=O)OC1=CC[C@@]2(O)[C@H]3Cc4ccc(O)c5c4[C@@]2(CCN3C)[C@H]1O5. The quantitative estimate of drug-likeness (QED) is 0.562. The van der Waals surface area contributed by atoms with Gasteiger partial charge in [0.2, 0.25) is 0 Å². The third-order valence-corrected chi connectivity index (χ3v) is 8.98. The van der Waals surface area contributed by atoms with Gasteiger partial charge in [-0.05, 0) is 63.0 Å². The number of hydrogen-bond donors (Lipinski definition) is 2. The molecule has 0 amide bonds. The van der Waals surface area contributed by atoms with E-state index in [0.717, 1.165) is 23.2 Å². The van der Waals surface area contributed by atoms with Gasteiger partial charge in [0.25, 0.3) is 0 Å². The summed E-state index contributed by atoms with van der Waals surface area (Å²) in [7, 11) is 2.01. The number of piperidine rings is 1. The van der Waals surface area contributed by atoms with Crippen LogP contribution in [-0.2, 0) is 37.3 Å². The Morgan fingerprint density at radius 3 is 2.68 bits per heavy atom. The number of ether oxygens (including phenoxy) is 3. The fourth-order valence-electron chi connectivity index (χ4n) is 7.03. The van der Waals surface area contributed by atoms with Gasteiger partial charge in [-0.1, -0.05) is 43.3 Å². The lowest BCUT2D eigenvalue weighted by Crippen LogP contribution is -2.74. The lowest BCUT2D eigenvalue weighted by Gasteiger charge is -2.61. The molecule has 0 unspecified atom stereocenters. The van der Waals surface area contributed by atoms with Crippen LogP contribution in [0.25, 0.3) is 0 Å². The van der Waals surface area contributed by atoms with E-state index in [1.807, 2.05) is 43.4 Å². The molecule has 8 nitrogen and oxygen atoms in total. The van der Waals surface area contributed by atoms with Crippen LogP contribution >= 0.6 is 0 Å². The molecule has 1 spiro atoms. The molecule has 2 N–H and O–H groups in total. The minimum Gasteiger partial charge on any atom is -0.504 e. The van der Waals surface area contributed by atoms with Crippen LogP contribution in [0.1, 0.15) is 43.4 Å². The fraction of sp³-hybridized carbons (Fsp3) is 0.467. The Morgan fingerprint density at radius 1 is 1.16 bits per heavy atom. The van der Waals surface area contributed by atoms with E-state index in [0.29, 0.717) is 25.0 Å². The Bertz CT molecular complexity index is 1320. The number of aliphatic hydroxyl groups is 1. The van der Waals surface area contributed by atoms with Crippen LogP contribution in [0, 0.1) is 5.92 Å². The molecule has 1 fully saturated rings. The molecule has 2 aliphatic heterocycles. The highest BCUT2D eigenvalue weighted by Gasteiger charge is 2.72. The zero-order valence-corrected chi connectivity index (χ0v) is 21.8. The fourth-order valence-corrected chi connectivity index (χ4v) is 7.03. The predicted molar refractivity (Wildman–Crippen MR) is 138 cm³/mol. The maximum Gasteiger partial charge on any atom is 0.352 e. The Hall–Kier alpha value is -3.36. The Kier molecular flexibility index (Phi) is 5.81. The summed E-state index contributed by atoms with van der Waals surface area (Å²) in [6.45, 7) is 3.99. The van der Waals surface area contributed by atoms with Crippen LogP contribution in [-0.4, -0.2) is 64.5 Å². The van der Waals surface area contributed by atoms with Gasteiger partial charge in [-0.2, -0.15) is 0 Å². The molecule has 8 heteroatoms. The number of aromatic hydroxyl groups is 1. The lowest BCUT2D eigenvalue weighted by atomic mass is 9.50. The van der Waals surface area contributed by atoms with Crippen molar-refractivity contribution < 1.29 is 34.0 Å². The van der Waals surface area contributed by atoms with E-state index >= 15 is 0 Å². The van der Waals surface area contributed by atoms with Crippen LogP contribution in [0.4, 0.5) is 0 Å². The number of likely N-dealkylation sites (tertiary alicyclic amines) is 1. The van der Waals surface area contributed by atoms with Gasteiger partial charge in [0.15, 0.2) is 23.7 Å². The summed E-state index contributed by atoms with van der Waals surface area (Å²) >= 11 is 0. The van der Waals surface area contributed by atoms with Crippen LogP contribution in [0.5, 0.6) is 11.5 Å². The molecule has 4 aliphatic rings. The Morgan fingerprint density at radius 2 is 1.92 bits per heavy atom. The second-order valence-corrected chi connectivity index (χ2v) is 11.2. The van der Waals surface area contributed by atoms with Crippen molar-refractivity contribution in [3.63, 3.8) is 0 Å². The van der Waals surface area contributed by atoms with Crippen molar-refractivity contribution >= 4 is 11.9 Å². The molecule has 2 bridgehead atoms. The van der Waals surface area contributed by atoms with Gasteiger partial charge in [0, 0.05) is 18.0 Å². The lowest BCUT2D eigenvalue weighted by molar-refractivity contribution is -0.176. The van der Waals surface area contributed by atoms with E-state index in [2.05, 4.69) is 4.90 Å². The van der Waals surface area contributed by atoms with E-state index in [4.69, 9.17) is 14.2 Å². The van der Waals surface area contributed by atoms with Gasteiger partial charge in [0.1, 0.15) is 5.76 Å². The van der Waals surface area contributed by atoms with E-state index in [1.165, 1.54) is 6.92 Å². The molecule has 0 aromatic heterocycles. The maximum absolute atomic E-state index is 13.1. The average molecular weight is 520 g/mol. The van der Waals surface area contributed by atoms with E-state index in [9.17, 15) is 19.8 Å². The summed E-state index contributed by atoms with van der Waals surface area (Å²) in [5, 5.41) is 22.8. The van der Waals surface area contributed by atoms with Crippen LogP contribution in [0.15, 0.2) is 54.3 Å². The molecule has 38 heavy (non-hydrogen) atoms. The number of benzene rings is 2. The zero-order chi connectivity index (χ0) is 26.8. The molecule has 0 radical (unpaired) electrons. The second kappa shape index (κ2) is 8.85. The van der Waals surface area contributed by atoms with Crippen molar-refractivity contribution in [3.8, 4) is 11.5 Å². The molecule has 0 saturated carbocycles. The number of phenols is 1. The summed E-state index contributed by atoms with van der Waals surface area (Å²) in [4.78, 5) is 28.0. The topological polar surface area (TPSA) is 106 Å². The first-order valence-electron chi connectivity index (χ1n) is 13.3. The highest BCUT2D eigenvalue weighted by atomic mass is 16.6. The molecule has 2 aliphatic carbocycles. The second-order valence-electron chi connectivity index (χ2n) is 11.2. The first-order chi connectivity index (χ1) is 18.2. The number of phenolic OH excluding ortho intramolecular Hbond substituents is 1. The van der Waals surface area contributed by atoms with Gasteiger partial charge in [-0.3, -0.25) is 4.79 Å². The highest BCUT2D eigenvalue weighted by Crippen LogP contribution is 2.65. The molecule has 6 rings (SSSR count). The average Bonchev–Trinajstić information content (AvgIpc) is 3.26. The smallest absolute Gasteiger partial charge is 0.352 e. The van der Waals surface area contributed by atoms with Gasteiger partial charge < -0.3 is 29.3 Å². The van der Waals surface area contributed by atoms with E-state index in [1.54, 1.807) is 19.1 Å². The molecule has 2 aromatic rings. The highest BCUT2D eigenvalue weighted by molar-refractivity contribution is 5.81.